The number of phenolic OH excluding ortho intramolecular Hbond substituents is 1. The van der Waals surface area contributed by atoms with Crippen LogP contribution in [0.25, 0.3) is 0 Å². The number of rotatable bonds is 3. The Balaban J connectivity index is 2.02. The molecule has 23 heavy (non-hydrogen) atoms. The number of carbonyl (C=O) groups is 1. The number of ether oxygens (including phenoxy) is 1. The van der Waals surface area contributed by atoms with E-state index in [1.165, 1.54) is 6.07 Å². The fourth-order valence-electron chi connectivity index (χ4n) is 2.39. The molecule has 1 unspecified atom stereocenters. The Morgan fingerprint density at radius 3 is 2.48 bits per heavy atom. The van der Waals surface area contributed by atoms with Gasteiger partial charge in [0, 0.05) is 0 Å². The average Bonchev–Trinajstić information content (AvgIpc) is 2.50. The van der Waals surface area contributed by atoms with E-state index in [1.54, 1.807) is 24.3 Å². The van der Waals surface area contributed by atoms with Gasteiger partial charge < -0.3 is 14.0 Å². The molecule has 0 amide bonds. The maximum Gasteiger partial charge on any atom is 0.446 e. The third kappa shape index (κ3) is 3.13. The highest BCUT2D eigenvalue weighted by Gasteiger charge is 2.31. The van der Waals surface area contributed by atoms with Crippen LogP contribution in [-0.4, -0.2) is 23.9 Å². The van der Waals surface area contributed by atoms with Gasteiger partial charge in [0.05, 0.1) is 12.0 Å². The van der Waals surface area contributed by atoms with Gasteiger partial charge in [-0.2, -0.15) is 8.42 Å². The lowest BCUT2D eigenvalue weighted by molar-refractivity contribution is 0.0842. The Bertz CT molecular complexity index is 859. The molecule has 2 aromatic rings. The minimum absolute atomic E-state index is 0.0922. The molecule has 0 fully saturated rings. The second kappa shape index (κ2) is 5.56. The van der Waals surface area contributed by atoms with Crippen molar-refractivity contribution in [2.45, 2.75) is 12.5 Å². The van der Waals surface area contributed by atoms with Crippen molar-refractivity contribution >= 4 is 16.2 Å². The van der Waals surface area contributed by atoms with E-state index in [0.717, 1.165) is 11.6 Å². The van der Waals surface area contributed by atoms with Crippen LogP contribution in [0.1, 0.15) is 28.4 Å². The van der Waals surface area contributed by atoms with E-state index in [0.29, 0.717) is 0 Å². The Morgan fingerprint density at radius 2 is 1.83 bits per heavy atom. The first-order valence-corrected chi connectivity index (χ1v) is 7.99. The molecule has 0 saturated carbocycles. The van der Waals surface area contributed by atoms with Crippen LogP contribution in [-0.2, 0) is 10.4 Å². The number of hydrogen-bond acceptors (Lipinski definition) is 6. The predicted molar refractivity (Wildman–Crippen MR) is 79.0 cm³/mol. The lowest BCUT2D eigenvalue weighted by Gasteiger charge is -2.26. The van der Waals surface area contributed by atoms with Crippen molar-refractivity contribution in [1.29, 1.82) is 0 Å². The number of phenols is 1. The van der Waals surface area contributed by atoms with E-state index in [1.807, 2.05) is 6.07 Å². The van der Waals surface area contributed by atoms with Gasteiger partial charge in [0.25, 0.3) is 0 Å². The van der Waals surface area contributed by atoms with E-state index in [2.05, 4.69) is 4.18 Å². The van der Waals surface area contributed by atoms with Crippen LogP contribution in [0.4, 0.5) is 0 Å². The summed E-state index contributed by atoms with van der Waals surface area (Å²) in [4.78, 5) is 12.2. The molecule has 0 spiro atoms. The van der Waals surface area contributed by atoms with Crippen LogP contribution in [0.3, 0.4) is 0 Å². The topological polar surface area (TPSA) is 110 Å². The molecule has 0 radical (unpaired) electrons. The smallest absolute Gasteiger partial charge is 0.446 e. The minimum Gasteiger partial charge on any atom is -0.502 e. The monoisotopic (exact) mass is 336 g/mol. The van der Waals surface area contributed by atoms with Crippen LogP contribution < -0.4 is 8.92 Å². The fourth-order valence-corrected chi connectivity index (χ4v) is 2.75. The summed E-state index contributed by atoms with van der Waals surface area (Å²) in [5.41, 5.74) is 0.865. The standard InChI is InChI=1S/C15H12O7S/c16-11-8-13(9-4-2-1-3-5-9)21-15-10(11)6-7-12(14(15)17)22-23(18,19)20/h1-7,13,17H,8H2,(H,18,19,20). The van der Waals surface area contributed by atoms with E-state index < -0.39 is 28.0 Å². The highest BCUT2D eigenvalue weighted by Crippen LogP contribution is 2.45. The van der Waals surface area contributed by atoms with Gasteiger partial charge in [0.15, 0.2) is 17.3 Å². The number of ketones is 1. The van der Waals surface area contributed by atoms with Crippen molar-refractivity contribution in [3.8, 4) is 17.2 Å². The fraction of sp³-hybridized carbons (Fsp3) is 0.133. The second-order valence-electron chi connectivity index (χ2n) is 4.94. The summed E-state index contributed by atoms with van der Waals surface area (Å²) in [6.45, 7) is 0. The van der Waals surface area contributed by atoms with Crippen molar-refractivity contribution < 1.29 is 31.8 Å². The van der Waals surface area contributed by atoms with Gasteiger partial charge in [-0.1, -0.05) is 30.3 Å². The van der Waals surface area contributed by atoms with Gasteiger partial charge in [0.2, 0.25) is 5.75 Å². The normalized spacial score (nSPS) is 17.3. The molecule has 0 aromatic heterocycles. The third-order valence-corrected chi connectivity index (χ3v) is 3.78. The van der Waals surface area contributed by atoms with Crippen LogP contribution in [0.15, 0.2) is 42.5 Å². The first-order valence-electron chi connectivity index (χ1n) is 6.63. The molecule has 1 aliphatic heterocycles. The summed E-state index contributed by atoms with van der Waals surface area (Å²) in [6.07, 6.45) is -0.516. The van der Waals surface area contributed by atoms with E-state index in [-0.39, 0.29) is 23.5 Å². The summed E-state index contributed by atoms with van der Waals surface area (Å²) in [5.74, 6) is -1.60. The summed E-state index contributed by atoms with van der Waals surface area (Å²) in [7, 11) is -4.81. The van der Waals surface area contributed by atoms with Gasteiger partial charge >= 0.3 is 10.4 Å². The number of carbonyl (C=O) groups excluding carboxylic acids is 1. The van der Waals surface area contributed by atoms with Crippen molar-refractivity contribution in [2.75, 3.05) is 0 Å². The molecular formula is C15H12O7S. The van der Waals surface area contributed by atoms with Crippen molar-refractivity contribution in [3.05, 3.63) is 53.6 Å². The predicted octanol–water partition coefficient (Wildman–Crippen LogP) is 2.28. The number of Topliss-reactive ketones (excluding diaryl/α,β-unsaturated/α-hetero) is 1. The third-order valence-electron chi connectivity index (χ3n) is 3.39. The molecule has 2 N–H and O–H groups in total. The Kier molecular flexibility index (Phi) is 3.70. The zero-order valence-electron chi connectivity index (χ0n) is 11.7. The molecule has 3 rings (SSSR count). The first-order chi connectivity index (χ1) is 10.8. The van der Waals surface area contributed by atoms with Crippen molar-refractivity contribution in [2.24, 2.45) is 0 Å². The maximum absolute atomic E-state index is 12.2. The number of benzene rings is 2. The molecule has 0 saturated heterocycles. The second-order valence-corrected chi connectivity index (χ2v) is 5.97. The van der Waals surface area contributed by atoms with E-state index >= 15 is 0 Å². The Hall–Kier alpha value is -2.58. The van der Waals surface area contributed by atoms with Crippen molar-refractivity contribution in [1.82, 2.24) is 0 Å². The van der Waals surface area contributed by atoms with E-state index in [4.69, 9.17) is 9.29 Å². The van der Waals surface area contributed by atoms with Gasteiger partial charge in [-0.15, -0.1) is 0 Å². The Labute approximate surface area is 132 Å². The largest absolute Gasteiger partial charge is 0.502 e. The lowest BCUT2D eigenvalue weighted by atomic mass is 9.96. The number of aromatic hydroxyl groups is 1. The summed E-state index contributed by atoms with van der Waals surface area (Å²) in [5, 5.41) is 10.1. The molecule has 0 bridgehead atoms. The molecule has 1 atom stereocenters. The molecular weight excluding hydrogens is 324 g/mol. The number of hydrogen-bond donors (Lipinski definition) is 2. The molecule has 2 aromatic carbocycles. The maximum atomic E-state index is 12.2. The van der Waals surface area contributed by atoms with Crippen LogP contribution >= 0.6 is 0 Å². The van der Waals surface area contributed by atoms with Gasteiger partial charge in [0.1, 0.15) is 6.10 Å². The van der Waals surface area contributed by atoms with Crippen molar-refractivity contribution in [3.63, 3.8) is 0 Å². The lowest BCUT2D eigenvalue weighted by Crippen LogP contribution is -2.20. The average molecular weight is 336 g/mol. The Morgan fingerprint density at radius 1 is 1.13 bits per heavy atom. The van der Waals surface area contributed by atoms with Crippen LogP contribution in [0.5, 0.6) is 17.2 Å². The zero-order valence-corrected chi connectivity index (χ0v) is 12.5. The molecule has 8 heteroatoms. The SMILES string of the molecule is O=C1CC(c2ccccc2)Oc2c1ccc(OS(=O)(=O)O)c2O. The molecule has 1 aliphatic rings. The van der Waals surface area contributed by atoms with Crippen LogP contribution in [0.2, 0.25) is 0 Å². The minimum atomic E-state index is -4.81. The summed E-state index contributed by atoms with van der Waals surface area (Å²) in [6, 6.07) is 11.3. The highest BCUT2D eigenvalue weighted by atomic mass is 32.3. The van der Waals surface area contributed by atoms with Crippen LogP contribution in [0, 0.1) is 0 Å². The molecule has 7 nitrogen and oxygen atoms in total. The highest BCUT2D eigenvalue weighted by molar-refractivity contribution is 7.81. The van der Waals surface area contributed by atoms with Gasteiger partial charge in [-0.25, -0.2) is 0 Å². The molecule has 0 aliphatic carbocycles. The summed E-state index contributed by atoms with van der Waals surface area (Å²) < 4.78 is 40.2. The molecule has 1 heterocycles. The number of fused-ring (bicyclic) bond motifs is 1. The van der Waals surface area contributed by atoms with E-state index in [9.17, 15) is 18.3 Å². The van der Waals surface area contributed by atoms with Gasteiger partial charge in [-0.3, -0.25) is 9.35 Å². The first kappa shape index (κ1) is 15.3. The quantitative estimate of drug-likeness (QED) is 0.827. The molecule has 120 valence electrons. The van der Waals surface area contributed by atoms with Gasteiger partial charge in [-0.05, 0) is 17.7 Å². The zero-order chi connectivity index (χ0) is 16.6. The summed E-state index contributed by atoms with van der Waals surface area (Å²) >= 11 is 0.